The van der Waals surface area contributed by atoms with Crippen molar-refractivity contribution in [1.82, 2.24) is 0 Å². The number of alkyl halides is 5. The number of carbonyl (C=O) groups excluding carboxylic acids is 1. The Morgan fingerprint density at radius 1 is 1.04 bits per heavy atom. The zero-order chi connectivity index (χ0) is 19.5. The monoisotopic (exact) mass is 406 g/mol. The van der Waals surface area contributed by atoms with Crippen LogP contribution in [-0.2, 0) is 19.6 Å². The van der Waals surface area contributed by atoms with Crippen molar-refractivity contribution in [3.05, 3.63) is 0 Å². The summed E-state index contributed by atoms with van der Waals surface area (Å²) in [6, 6.07) is 0. The summed E-state index contributed by atoms with van der Waals surface area (Å²) in [7, 11) is -6.32. The van der Waals surface area contributed by atoms with Gasteiger partial charge in [0.15, 0.2) is 5.92 Å². The minimum atomic E-state index is -6.32. The van der Waals surface area contributed by atoms with E-state index in [1.165, 1.54) is 0 Å². The molecular formula is C15H19F5O5S. The largest absolute Gasteiger partial charge is 0.464 e. The fourth-order valence-corrected chi connectivity index (χ4v) is 5.80. The zero-order valence-corrected chi connectivity index (χ0v) is 14.5. The summed E-state index contributed by atoms with van der Waals surface area (Å²) in [6.45, 7) is -1.85. The van der Waals surface area contributed by atoms with Crippen LogP contribution < -0.4 is 0 Å². The predicted octanol–water partition coefficient (Wildman–Crippen LogP) is 3.41. The summed E-state index contributed by atoms with van der Waals surface area (Å²) in [6.07, 6.45) is -1.42. The molecule has 26 heavy (non-hydrogen) atoms. The molecule has 1 unspecified atom stereocenters. The molecule has 4 bridgehead atoms. The molecule has 0 aromatic heterocycles. The van der Waals surface area contributed by atoms with E-state index in [9.17, 15) is 35.2 Å². The topological polar surface area (TPSA) is 80.7 Å². The van der Waals surface area contributed by atoms with E-state index in [0.29, 0.717) is 19.3 Å². The molecule has 0 amide bonds. The molecule has 4 aliphatic carbocycles. The summed E-state index contributed by atoms with van der Waals surface area (Å²) in [5, 5.41) is -5.51. The standard InChI is InChI=1S/C15H19F5O5S/c16-14(17,18)11(15(19,20)26(22,23)24)7-25-12(21)13-4-8-1-9(5-13)3-10(2-8)6-13/h8-11H,1-7H2,(H,22,23,24). The number of carbonyl (C=O) groups is 1. The number of hydrogen-bond donors (Lipinski definition) is 1. The highest BCUT2D eigenvalue weighted by Crippen LogP contribution is 2.60. The highest BCUT2D eigenvalue weighted by Gasteiger charge is 2.64. The smallest absolute Gasteiger partial charge is 0.402 e. The number of rotatable bonds is 5. The third-order valence-electron chi connectivity index (χ3n) is 6.00. The van der Waals surface area contributed by atoms with Crippen LogP contribution in [0.2, 0.25) is 0 Å². The second-order valence-electron chi connectivity index (χ2n) is 7.93. The third kappa shape index (κ3) is 3.32. The molecule has 4 fully saturated rings. The van der Waals surface area contributed by atoms with Gasteiger partial charge in [-0.15, -0.1) is 0 Å². The van der Waals surface area contributed by atoms with E-state index in [4.69, 9.17) is 4.55 Å². The molecule has 0 saturated heterocycles. The Morgan fingerprint density at radius 3 is 1.81 bits per heavy atom. The molecule has 1 N–H and O–H groups in total. The Kier molecular flexibility index (Phi) is 4.58. The van der Waals surface area contributed by atoms with Crippen LogP contribution in [0.15, 0.2) is 0 Å². The maximum atomic E-state index is 13.6. The quantitative estimate of drug-likeness (QED) is 0.430. The van der Waals surface area contributed by atoms with Gasteiger partial charge in [0.1, 0.15) is 6.61 Å². The van der Waals surface area contributed by atoms with Crippen LogP contribution >= 0.6 is 0 Å². The first kappa shape index (κ1) is 19.8. The van der Waals surface area contributed by atoms with Crippen molar-refractivity contribution in [3.63, 3.8) is 0 Å². The molecule has 11 heteroatoms. The Morgan fingerprint density at radius 2 is 1.46 bits per heavy atom. The van der Waals surface area contributed by atoms with Gasteiger partial charge >= 0.3 is 27.5 Å². The summed E-state index contributed by atoms with van der Waals surface area (Å²) >= 11 is 0. The van der Waals surface area contributed by atoms with E-state index >= 15 is 0 Å². The normalized spacial score (nSPS) is 35.4. The summed E-state index contributed by atoms with van der Waals surface area (Å²) in [4.78, 5) is 12.5. The van der Waals surface area contributed by atoms with Crippen molar-refractivity contribution < 1.29 is 44.5 Å². The van der Waals surface area contributed by atoms with Gasteiger partial charge < -0.3 is 4.74 Å². The van der Waals surface area contributed by atoms with Gasteiger partial charge in [0, 0.05) is 0 Å². The van der Waals surface area contributed by atoms with E-state index in [-0.39, 0.29) is 17.8 Å². The Labute approximate surface area is 147 Å². The highest BCUT2D eigenvalue weighted by atomic mass is 32.2. The van der Waals surface area contributed by atoms with Crippen molar-refractivity contribution in [2.24, 2.45) is 29.1 Å². The molecule has 4 rings (SSSR count). The van der Waals surface area contributed by atoms with Gasteiger partial charge in [0.2, 0.25) is 0 Å². The minimum Gasteiger partial charge on any atom is -0.464 e. The minimum absolute atomic E-state index is 0.284. The first-order valence-corrected chi connectivity index (χ1v) is 9.77. The van der Waals surface area contributed by atoms with Gasteiger partial charge in [-0.25, -0.2) is 0 Å². The van der Waals surface area contributed by atoms with Crippen molar-refractivity contribution in [2.75, 3.05) is 6.61 Å². The molecule has 0 spiro atoms. The lowest BCUT2D eigenvalue weighted by Gasteiger charge is -2.55. The summed E-state index contributed by atoms with van der Waals surface area (Å²) in [5.41, 5.74) is -0.960. The van der Waals surface area contributed by atoms with Gasteiger partial charge in [-0.3, -0.25) is 9.35 Å². The van der Waals surface area contributed by atoms with E-state index in [2.05, 4.69) is 4.74 Å². The maximum absolute atomic E-state index is 13.6. The Hall–Kier alpha value is -0.970. The fraction of sp³-hybridized carbons (Fsp3) is 0.933. The molecule has 4 aliphatic rings. The van der Waals surface area contributed by atoms with Crippen LogP contribution in [0, 0.1) is 29.1 Å². The van der Waals surface area contributed by atoms with Crippen LogP contribution in [0.1, 0.15) is 38.5 Å². The molecule has 0 aromatic rings. The molecule has 0 aromatic carbocycles. The first-order chi connectivity index (χ1) is 11.7. The lowest BCUT2D eigenvalue weighted by atomic mass is 9.49. The number of esters is 1. The van der Waals surface area contributed by atoms with Crippen LogP contribution in [0.3, 0.4) is 0 Å². The second kappa shape index (κ2) is 6.02. The molecule has 0 heterocycles. The Balaban J connectivity index is 1.75. The summed E-state index contributed by atoms with van der Waals surface area (Å²) in [5.74, 6) is -3.95. The number of halogens is 5. The first-order valence-electron chi connectivity index (χ1n) is 8.33. The average Bonchev–Trinajstić information content (AvgIpc) is 2.42. The molecule has 5 nitrogen and oxygen atoms in total. The van der Waals surface area contributed by atoms with Gasteiger partial charge in [-0.1, -0.05) is 0 Å². The second-order valence-corrected chi connectivity index (χ2v) is 9.42. The van der Waals surface area contributed by atoms with Gasteiger partial charge in [0.05, 0.1) is 5.41 Å². The van der Waals surface area contributed by atoms with Crippen molar-refractivity contribution in [1.29, 1.82) is 0 Å². The summed E-state index contributed by atoms with van der Waals surface area (Å²) < 4.78 is 100. The van der Waals surface area contributed by atoms with Gasteiger partial charge in [-0.05, 0) is 56.3 Å². The average molecular weight is 406 g/mol. The lowest BCUT2D eigenvalue weighted by molar-refractivity contribution is -0.234. The van der Waals surface area contributed by atoms with E-state index in [0.717, 1.165) is 19.3 Å². The van der Waals surface area contributed by atoms with E-state index < -0.39 is 45.5 Å². The van der Waals surface area contributed by atoms with Crippen LogP contribution in [0.25, 0.3) is 0 Å². The molecule has 1 atom stereocenters. The number of hydrogen-bond acceptors (Lipinski definition) is 4. The van der Waals surface area contributed by atoms with Crippen LogP contribution in [0.4, 0.5) is 22.0 Å². The predicted molar refractivity (Wildman–Crippen MR) is 77.6 cm³/mol. The lowest BCUT2D eigenvalue weighted by Crippen LogP contribution is -2.52. The highest BCUT2D eigenvalue weighted by molar-refractivity contribution is 7.86. The van der Waals surface area contributed by atoms with Crippen molar-refractivity contribution in [2.45, 2.75) is 50.0 Å². The molecule has 150 valence electrons. The third-order valence-corrected chi connectivity index (χ3v) is 6.97. The maximum Gasteiger partial charge on any atom is 0.402 e. The molecule has 0 aliphatic heterocycles. The van der Waals surface area contributed by atoms with E-state index in [1.54, 1.807) is 0 Å². The zero-order valence-electron chi connectivity index (χ0n) is 13.6. The SMILES string of the molecule is O=C(OCC(C(F)(F)F)C(F)(F)S(=O)(=O)O)C12CC3CC(CC(C3)C1)C2. The fourth-order valence-electron chi connectivity index (χ4n) is 5.23. The van der Waals surface area contributed by atoms with Crippen LogP contribution in [0.5, 0.6) is 0 Å². The number of ether oxygens (including phenoxy) is 1. The Bertz CT molecular complexity index is 652. The van der Waals surface area contributed by atoms with Crippen molar-refractivity contribution >= 4 is 16.1 Å². The van der Waals surface area contributed by atoms with Crippen molar-refractivity contribution in [3.8, 4) is 0 Å². The molecular weight excluding hydrogens is 387 g/mol. The van der Waals surface area contributed by atoms with Gasteiger partial charge in [-0.2, -0.15) is 30.4 Å². The molecule has 4 saturated carbocycles. The van der Waals surface area contributed by atoms with Crippen LogP contribution in [-0.4, -0.2) is 37.0 Å². The van der Waals surface area contributed by atoms with Gasteiger partial charge in [0.25, 0.3) is 0 Å². The van der Waals surface area contributed by atoms with E-state index in [1.807, 2.05) is 0 Å². The molecule has 0 radical (unpaired) electrons.